The summed E-state index contributed by atoms with van der Waals surface area (Å²) < 4.78 is 88.1. The highest BCUT2D eigenvalue weighted by molar-refractivity contribution is 5.82. The van der Waals surface area contributed by atoms with Crippen LogP contribution in [0.3, 0.4) is 0 Å². The Morgan fingerprint density at radius 3 is 2.34 bits per heavy atom. The summed E-state index contributed by atoms with van der Waals surface area (Å²) in [7, 11) is 1.45. The molecule has 4 aliphatic rings. The molecule has 0 aromatic carbocycles. The average molecular weight is 515 g/mol. The van der Waals surface area contributed by atoms with Crippen molar-refractivity contribution in [2.24, 2.45) is 29.6 Å². The molecular formula is C23H36F6N4O2. The van der Waals surface area contributed by atoms with E-state index in [9.17, 15) is 23.1 Å². The maximum atomic E-state index is 15.9. The number of hydrogen-bond acceptors (Lipinski definition) is 5. The van der Waals surface area contributed by atoms with E-state index in [1.165, 1.54) is 23.8 Å². The predicted molar refractivity (Wildman–Crippen MR) is 116 cm³/mol. The van der Waals surface area contributed by atoms with Crippen molar-refractivity contribution in [3.05, 3.63) is 0 Å². The lowest BCUT2D eigenvalue weighted by Gasteiger charge is -2.45. The fraction of sp³-hybridized carbons (Fsp3) is 0.957. The number of nitrogens with zero attached hydrogens (tertiary/aromatic N) is 2. The second-order valence-corrected chi connectivity index (χ2v) is 11.2. The van der Waals surface area contributed by atoms with E-state index in [2.05, 4.69) is 10.9 Å². The fourth-order valence-electron chi connectivity index (χ4n) is 6.86. The lowest BCUT2D eigenvalue weighted by Crippen LogP contribution is -2.62. The summed E-state index contributed by atoms with van der Waals surface area (Å²) in [4.78, 5) is 16.0. The van der Waals surface area contributed by atoms with Crippen molar-refractivity contribution >= 4 is 5.91 Å². The summed E-state index contributed by atoms with van der Waals surface area (Å²) in [5, 5.41) is 9.97. The Labute approximate surface area is 201 Å². The molecule has 2 saturated heterocycles. The number of aliphatic hydroxyl groups is 1. The highest BCUT2D eigenvalue weighted by atomic mass is 19.4. The van der Waals surface area contributed by atoms with Crippen molar-refractivity contribution in [2.75, 3.05) is 20.3 Å². The molecule has 3 N–H and O–H groups in total. The van der Waals surface area contributed by atoms with Gasteiger partial charge in [0.15, 0.2) is 5.67 Å². The number of rotatable bonds is 5. The molecule has 35 heavy (non-hydrogen) atoms. The Bertz CT molecular complexity index is 794. The zero-order valence-corrected chi connectivity index (χ0v) is 20.3. The molecule has 0 spiro atoms. The number of carbonyl (C=O) groups excluding carboxylic acids is 1. The molecule has 4 rings (SSSR count). The fourth-order valence-corrected chi connectivity index (χ4v) is 6.86. The van der Waals surface area contributed by atoms with Crippen molar-refractivity contribution in [2.45, 2.75) is 88.5 Å². The number of carbonyl (C=O) groups is 1. The molecule has 2 saturated carbocycles. The van der Waals surface area contributed by atoms with Gasteiger partial charge in [-0.25, -0.2) is 15.2 Å². The minimum Gasteiger partial charge on any atom is -0.393 e. The van der Waals surface area contributed by atoms with Gasteiger partial charge in [-0.15, -0.1) is 0 Å². The molecule has 6 nitrogen and oxygen atoms in total. The van der Waals surface area contributed by atoms with Crippen LogP contribution in [0.2, 0.25) is 0 Å². The molecule has 1 amide bonds. The van der Waals surface area contributed by atoms with Gasteiger partial charge >= 0.3 is 12.1 Å². The Morgan fingerprint density at radius 1 is 1.09 bits per heavy atom. The Kier molecular flexibility index (Phi) is 7.18. The lowest BCUT2D eigenvalue weighted by molar-refractivity contribution is -0.207. The van der Waals surface area contributed by atoms with Crippen molar-refractivity contribution < 1.29 is 36.2 Å². The van der Waals surface area contributed by atoms with Crippen LogP contribution in [-0.2, 0) is 4.79 Å². The largest absolute Gasteiger partial charge is 0.393 e. The molecule has 2 heterocycles. The first-order valence-electron chi connectivity index (χ1n) is 12.5. The molecule has 202 valence electrons. The number of aliphatic hydroxyl groups excluding tert-OH is 1. The number of alkyl halides is 6. The van der Waals surface area contributed by atoms with Gasteiger partial charge in [-0.05, 0) is 64.8 Å². The van der Waals surface area contributed by atoms with Gasteiger partial charge in [0.1, 0.15) is 6.17 Å². The monoisotopic (exact) mass is 514 g/mol. The van der Waals surface area contributed by atoms with Crippen LogP contribution in [0.25, 0.3) is 0 Å². The number of amides is 1. The Balaban J connectivity index is 1.52. The number of likely N-dealkylation sites (tertiary alicyclic amines) is 1. The summed E-state index contributed by atoms with van der Waals surface area (Å²) in [6, 6.07) is -0.580. The number of hydrogen-bond donors (Lipinski definition) is 3. The normalized spacial score (nSPS) is 40.0. The zero-order chi connectivity index (χ0) is 25.9. The smallest absolute Gasteiger partial charge is 0.392 e. The van der Waals surface area contributed by atoms with Gasteiger partial charge in [0.25, 0.3) is 0 Å². The molecule has 4 fully saturated rings. The van der Waals surface area contributed by atoms with E-state index in [1.807, 2.05) is 0 Å². The van der Waals surface area contributed by atoms with Crippen LogP contribution < -0.4 is 10.9 Å². The summed E-state index contributed by atoms with van der Waals surface area (Å²) in [5.41, 5.74) is 2.13. The molecule has 0 aromatic heterocycles. The second kappa shape index (κ2) is 9.33. The molecule has 12 heteroatoms. The second-order valence-electron chi connectivity index (χ2n) is 11.2. The van der Waals surface area contributed by atoms with E-state index in [0.717, 1.165) is 6.92 Å². The van der Waals surface area contributed by atoms with Crippen LogP contribution in [0.15, 0.2) is 0 Å². The van der Waals surface area contributed by atoms with E-state index >= 15 is 13.2 Å². The maximum Gasteiger partial charge on any atom is 0.392 e. The third-order valence-corrected chi connectivity index (χ3v) is 9.11. The maximum absolute atomic E-state index is 15.9. The molecule has 8 unspecified atom stereocenters. The van der Waals surface area contributed by atoms with Crippen LogP contribution in [0.1, 0.15) is 52.4 Å². The van der Waals surface area contributed by atoms with Crippen LogP contribution >= 0.6 is 0 Å². The van der Waals surface area contributed by atoms with Gasteiger partial charge in [0.05, 0.1) is 18.7 Å². The molecule has 0 radical (unpaired) electrons. The van der Waals surface area contributed by atoms with Crippen LogP contribution in [0.4, 0.5) is 26.3 Å². The van der Waals surface area contributed by atoms with E-state index in [4.69, 9.17) is 0 Å². The van der Waals surface area contributed by atoms with Gasteiger partial charge in [-0.1, -0.05) is 6.42 Å². The molecule has 0 bridgehead atoms. The summed E-state index contributed by atoms with van der Waals surface area (Å²) in [6.45, 7) is 2.36. The number of halogens is 6. The van der Waals surface area contributed by atoms with Crippen molar-refractivity contribution in [3.8, 4) is 0 Å². The highest BCUT2D eigenvalue weighted by Crippen LogP contribution is 2.53. The van der Waals surface area contributed by atoms with Crippen molar-refractivity contribution in [3.63, 3.8) is 0 Å². The molecule has 0 aromatic rings. The standard InChI is InChI=1S/C23H36F6N4O2/c1-12(34)13-7-16-17(18(8-13)23(27,28)29)10-33(19(16)35)15-6-4-5-14(9-15)21(2,24)22(25,26)20-31-30-11-32(20)3/h12-18,20,30-31,34H,4-11H2,1-3H3/t12?,13?,14?,15?,16?,17?,18?,20?,21-/m1/s1. The van der Waals surface area contributed by atoms with Crippen molar-refractivity contribution in [1.29, 1.82) is 0 Å². The SMILES string of the molecule is CC(O)C1CC2C(=O)N(C3CCCC([C@@](C)(F)C(F)(F)C4NNCN4C)C3)CC2C(C(F)(F)F)C1. The quantitative estimate of drug-likeness (QED) is 0.492. The number of hydrazine groups is 1. The summed E-state index contributed by atoms with van der Waals surface area (Å²) in [5.74, 6) is -9.36. The van der Waals surface area contributed by atoms with Gasteiger partial charge in [0, 0.05) is 24.4 Å². The van der Waals surface area contributed by atoms with Crippen LogP contribution in [0, 0.1) is 29.6 Å². The van der Waals surface area contributed by atoms with Gasteiger partial charge in [0.2, 0.25) is 5.91 Å². The number of fused-ring (bicyclic) bond motifs is 1. The third-order valence-electron chi connectivity index (χ3n) is 9.11. The molecule has 2 aliphatic carbocycles. The molecule has 9 atom stereocenters. The molecular weight excluding hydrogens is 478 g/mol. The minimum atomic E-state index is -4.50. The highest BCUT2D eigenvalue weighted by Gasteiger charge is 2.63. The average Bonchev–Trinajstić information content (AvgIpc) is 3.36. The van der Waals surface area contributed by atoms with Gasteiger partial charge < -0.3 is 10.0 Å². The number of nitrogens with one attached hydrogen (secondary N) is 2. The topological polar surface area (TPSA) is 67.8 Å². The molecule has 2 aliphatic heterocycles. The van der Waals surface area contributed by atoms with E-state index in [0.29, 0.717) is 12.8 Å². The van der Waals surface area contributed by atoms with E-state index in [-0.39, 0.29) is 38.9 Å². The van der Waals surface area contributed by atoms with Crippen LogP contribution in [0.5, 0.6) is 0 Å². The minimum absolute atomic E-state index is 0.0197. The van der Waals surface area contributed by atoms with Gasteiger partial charge in [-0.3, -0.25) is 9.69 Å². The zero-order valence-electron chi connectivity index (χ0n) is 20.3. The van der Waals surface area contributed by atoms with Crippen LogP contribution in [-0.4, -0.2) is 77.2 Å². The summed E-state index contributed by atoms with van der Waals surface area (Å²) in [6.07, 6.45) is -6.02. The first-order valence-corrected chi connectivity index (χ1v) is 12.5. The third kappa shape index (κ3) is 4.68. The summed E-state index contributed by atoms with van der Waals surface area (Å²) >= 11 is 0. The predicted octanol–water partition coefficient (Wildman–Crippen LogP) is 3.28. The first kappa shape index (κ1) is 26.9. The van der Waals surface area contributed by atoms with Gasteiger partial charge in [-0.2, -0.15) is 22.0 Å². The van der Waals surface area contributed by atoms with Crippen molar-refractivity contribution in [1.82, 2.24) is 20.7 Å². The van der Waals surface area contributed by atoms with E-state index in [1.54, 1.807) is 0 Å². The Morgan fingerprint density at radius 2 is 1.77 bits per heavy atom. The lowest BCUT2D eigenvalue weighted by atomic mass is 9.67. The first-order chi connectivity index (χ1) is 16.2. The Hall–Kier alpha value is -1.11. The van der Waals surface area contributed by atoms with E-state index < -0.39 is 71.6 Å².